The molecule has 0 unspecified atom stereocenters. The number of anilines is 2. The van der Waals surface area contributed by atoms with Gasteiger partial charge in [0.15, 0.2) is 5.13 Å². The van der Waals surface area contributed by atoms with Crippen molar-refractivity contribution in [2.75, 3.05) is 11.9 Å². The van der Waals surface area contributed by atoms with Gasteiger partial charge in [0, 0.05) is 22.5 Å². The van der Waals surface area contributed by atoms with Crippen LogP contribution in [0.4, 0.5) is 10.8 Å². The zero-order valence-corrected chi connectivity index (χ0v) is 12.6. The van der Waals surface area contributed by atoms with Gasteiger partial charge >= 0.3 is 5.97 Å². The van der Waals surface area contributed by atoms with Gasteiger partial charge in [-0.3, -0.25) is 4.79 Å². The summed E-state index contributed by atoms with van der Waals surface area (Å²) in [7, 11) is 0. The number of ether oxygens (including phenoxy) is 1. The zero-order valence-electron chi connectivity index (χ0n) is 11.1. The molecule has 0 spiro atoms. The van der Waals surface area contributed by atoms with E-state index >= 15 is 0 Å². The van der Waals surface area contributed by atoms with Crippen LogP contribution in [0.3, 0.4) is 0 Å². The summed E-state index contributed by atoms with van der Waals surface area (Å²) in [6, 6.07) is 7.45. The molecule has 2 rings (SSSR count). The number of rotatable bonds is 6. The lowest BCUT2D eigenvalue weighted by Gasteiger charge is -2.02. The molecule has 4 nitrogen and oxygen atoms in total. The number of carbonyl (C=O) groups excluding carboxylic acids is 1. The van der Waals surface area contributed by atoms with Gasteiger partial charge in [-0.2, -0.15) is 0 Å². The summed E-state index contributed by atoms with van der Waals surface area (Å²) < 4.78 is 4.89. The Balaban J connectivity index is 1.90. The zero-order chi connectivity index (χ0) is 14.4. The number of halogens is 1. The second kappa shape index (κ2) is 7.26. The van der Waals surface area contributed by atoms with Gasteiger partial charge < -0.3 is 10.1 Å². The van der Waals surface area contributed by atoms with Crippen LogP contribution in [0.25, 0.3) is 0 Å². The van der Waals surface area contributed by atoms with Crippen molar-refractivity contribution >= 4 is 39.7 Å². The lowest BCUT2D eigenvalue weighted by atomic mass is 10.2. The molecule has 0 radical (unpaired) electrons. The van der Waals surface area contributed by atoms with E-state index in [-0.39, 0.29) is 5.97 Å². The maximum absolute atomic E-state index is 11.3. The third-order valence-electron chi connectivity index (χ3n) is 2.52. The average Bonchev–Trinajstić information content (AvgIpc) is 2.84. The summed E-state index contributed by atoms with van der Waals surface area (Å²) >= 11 is 7.42. The summed E-state index contributed by atoms with van der Waals surface area (Å²) in [5.74, 6) is -0.190. The number of nitrogens with zero attached hydrogens (tertiary/aromatic N) is 1. The Morgan fingerprint density at radius 3 is 3.10 bits per heavy atom. The highest BCUT2D eigenvalue weighted by Crippen LogP contribution is 2.23. The normalized spacial score (nSPS) is 10.3. The van der Waals surface area contributed by atoms with Crippen LogP contribution in [0.2, 0.25) is 5.02 Å². The first-order valence-electron chi connectivity index (χ1n) is 6.30. The smallest absolute Gasteiger partial charge is 0.306 e. The molecule has 106 valence electrons. The maximum atomic E-state index is 11.3. The first-order valence-corrected chi connectivity index (χ1v) is 7.55. The van der Waals surface area contributed by atoms with Crippen LogP contribution < -0.4 is 5.32 Å². The van der Waals surface area contributed by atoms with E-state index in [0.717, 1.165) is 16.5 Å². The minimum Gasteiger partial charge on any atom is -0.466 e. The number of thiazole rings is 1. The van der Waals surface area contributed by atoms with E-state index in [1.165, 1.54) is 11.3 Å². The van der Waals surface area contributed by atoms with Crippen LogP contribution in [-0.2, 0) is 16.0 Å². The van der Waals surface area contributed by atoms with E-state index in [9.17, 15) is 4.79 Å². The molecule has 6 heteroatoms. The Bertz CT molecular complexity index is 586. The summed E-state index contributed by atoms with van der Waals surface area (Å²) in [5.41, 5.74) is 1.77. The molecule has 0 saturated heterocycles. The number of carbonyl (C=O) groups is 1. The molecule has 0 amide bonds. The monoisotopic (exact) mass is 310 g/mol. The summed E-state index contributed by atoms with van der Waals surface area (Å²) in [6.07, 6.45) is 0.945. The minimum atomic E-state index is -0.190. The molecule has 1 N–H and O–H groups in total. The van der Waals surface area contributed by atoms with Crippen molar-refractivity contribution in [3.8, 4) is 0 Å². The topological polar surface area (TPSA) is 51.2 Å². The highest BCUT2D eigenvalue weighted by atomic mass is 35.5. The highest BCUT2D eigenvalue weighted by Gasteiger charge is 2.06. The minimum absolute atomic E-state index is 0.190. The van der Waals surface area contributed by atoms with Gasteiger partial charge in [0.1, 0.15) is 0 Å². The predicted molar refractivity (Wildman–Crippen MR) is 81.8 cm³/mol. The van der Waals surface area contributed by atoms with Gasteiger partial charge in [-0.1, -0.05) is 17.7 Å². The second-order valence-electron chi connectivity index (χ2n) is 4.08. The van der Waals surface area contributed by atoms with Crippen LogP contribution in [0.1, 0.15) is 19.0 Å². The molecule has 20 heavy (non-hydrogen) atoms. The fourth-order valence-corrected chi connectivity index (χ4v) is 2.59. The van der Waals surface area contributed by atoms with Crippen molar-refractivity contribution in [1.29, 1.82) is 0 Å². The molecule has 1 heterocycles. The van der Waals surface area contributed by atoms with Gasteiger partial charge in [0.2, 0.25) is 0 Å². The first kappa shape index (κ1) is 14.8. The largest absolute Gasteiger partial charge is 0.466 e. The maximum Gasteiger partial charge on any atom is 0.306 e. The fraction of sp³-hybridized carbons (Fsp3) is 0.286. The Hall–Kier alpha value is -1.59. The third-order valence-corrected chi connectivity index (χ3v) is 3.56. The molecule has 0 aliphatic rings. The molecular formula is C14H15ClN2O2S. The number of nitrogens with one attached hydrogen (secondary N) is 1. The Labute approximate surface area is 126 Å². The molecule has 0 fully saturated rings. The van der Waals surface area contributed by atoms with Gasteiger partial charge in [-0.25, -0.2) is 4.98 Å². The number of aromatic nitrogens is 1. The molecular weight excluding hydrogens is 296 g/mol. The van der Waals surface area contributed by atoms with Crippen LogP contribution in [-0.4, -0.2) is 17.6 Å². The molecule has 0 aliphatic carbocycles. The molecule has 0 aliphatic heterocycles. The molecule has 1 aromatic heterocycles. The van der Waals surface area contributed by atoms with Gasteiger partial charge in [-0.15, -0.1) is 11.3 Å². The lowest BCUT2D eigenvalue weighted by molar-refractivity contribution is -0.143. The van der Waals surface area contributed by atoms with Crippen LogP contribution in [0.15, 0.2) is 29.6 Å². The quantitative estimate of drug-likeness (QED) is 0.818. The van der Waals surface area contributed by atoms with E-state index in [4.69, 9.17) is 16.3 Å². The molecule has 2 aromatic rings. The summed E-state index contributed by atoms with van der Waals surface area (Å²) in [4.78, 5) is 15.7. The van der Waals surface area contributed by atoms with Crippen molar-refractivity contribution in [2.24, 2.45) is 0 Å². The third kappa shape index (κ3) is 4.51. The Kier molecular flexibility index (Phi) is 5.38. The van der Waals surface area contributed by atoms with E-state index in [1.807, 2.05) is 29.6 Å². The standard InChI is InChI=1S/C14H15ClN2O2S/c1-2-19-13(18)7-6-12-9-20-14(17-12)16-11-5-3-4-10(15)8-11/h3-5,8-9H,2,6-7H2,1H3,(H,16,17). The van der Waals surface area contributed by atoms with Crippen LogP contribution in [0.5, 0.6) is 0 Å². The SMILES string of the molecule is CCOC(=O)CCc1csc(Nc2cccc(Cl)c2)n1. The first-order chi connectivity index (χ1) is 9.67. The van der Waals surface area contributed by atoms with Crippen LogP contribution in [0, 0.1) is 0 Å². The molecule has 0 bridgehead atoms. The van der Waals surface area contributed by atoms with Crippen molar-refractivity contribution in [3.05, 3.63) is 40.4 Å². The van der Waals surface area contributed by atoms with Gasteiger partial charge in [0.05, 0.1) is 18.7 Å². The number of hydrogen-bond donors (Lipinski definition) is 1. The van der Waals surface area contributed by atoms with Crippen molar-refractivity contribution < 1.29 is 9.53 Å². The van der Waals surface area contributed by atoms with Crippen molar-refractivity contribution in [1.82, 2.24) is 4.98 Å². The van der Waals surface area contributed by atoms with Gasteiger partial charge in [0.25, 0.3) is 0 Å². The molecule has 0 atom stereocenters. The van der Waals surface area contributed by atoms with E-state index < -0.39 is 0 Å². The van der Waals surface area contributed by atoms with Crippen molar-refractivity contribution in [2.45, 2.75) is 19.8 Å². The number of aryl methyl sites for hydroxylation is 1. The number of esters is 1. The van der Waals surface area contributed by atoms with E-state index in [2.05, 4.69) is 10.3 Å². The number of hydrogen-bond acceptors (Lipinski definition) is 5. The summed E-state index contributed by atoms with van der Waals surface area (Å²) in [5, 5.41) is 6.58. The number of benzene rings is 1. The Morgan fingerprint density at radius 2 is 2.35 bits per heavy atom. The predicted octanol–water partition coefficient (Wildman–Crippen LogP) is 4.04. The second-order valence-corrected chi connectivity index (χ2v) is 5.38. The van der Waals surface area contributed by atoms with Crippen LogP contribution >= 0.6 is 22.9 Å². The van der Waals surface area contributed by atoms with E-state index in [0.29, 0.717) is 24.5 Å². The van der Waals surface area contributed by atoms with E-state index in [1.54, 1.807) is 6.92 Å². The highest BCUT2D eigenvalue weighted by molar-refractivity contribution is 7.13. The van der Waals surface area contributed by atoms with Gasteiger partial charge in [-0.05, 0) is 25.1 Å². The molecule has 1 aromatic carbocycles. The molecule has 0 saturated carbocycles. The lowest BCUT2D eigenvalue weighted by Crippen LogP contribution is -2.05. The van der Waals surface area contributed by atoms with Crippen molar-refractivity contribution in [3.63, 3.8) is 0 Å². The average molecular weight is 311 g/mol. The summed E-state index contributed by atoms with van der Waals surface area (Å²) in [6.45, 7) is 2.21. The Morgan fingerprint density at radius 1 is 1.50 bits per heavy atom. The fourth-order valence-electron chi connectivity index (χ4n) is 1.63.